The number of carbonyl (C=O) groups is 2. The number of anilines is 2. The Balaban J connectivity index is 0.000000718. The van der Waals surface area contributed by atoms with Crippen molar-refractivity contribution in [2.45, 2.75) is 44.7 Å². The van der Waals surface area contributed by atoms with Crippen molar-refractivity contribution >= 4 is 33.3 Å². The Kier molecular flexibility index (Phi) is 9.92. The Hall–Kier alpha value is -3.28. The number of unbranched alkanes of at least 4 members (excludes halogenated alkanes) is 1. The first-order chi connectivity index (χ1) is 15.6. The predicted molar refractivity (Wildman–Crippen MR) is 122 cm³/mol. The number of halogens is 3. The fraction of sp³-hybridized carbons (Fsp3) is 0.364. The number of nitrogens with one attached hydrogen (secondary N) is 1. The molecule has 0 heterocycles. The van der Waals surface area contributed by atoms with Crippen LogP contribution in [0.1, 0.15) is 41.3 Å². The smallest absolute Gasteiger partial charge is 0.478 e. The first kappa shape index (κ1) is 28.8. The van der Waals surface area contributed by atoms with Crippen LogP contribution in [0, 0.1) is 13.8 Å². The van der Waals surface area contributed by atoms with Gasteiger partial charge in [0.15, 0.2) is 0 Å². The summed E-state index contributed by atoms with van der Waals surface area (Å²) >= 11 is 0. The zero-order valence-corrected chi connectivity index (χ0v) is 19.9. The van der Waals surface area contributed by atoms with Crippen LogP contribution < -0.4 is 9.62 Å². The molecule has 188 valence electrons. The van der Waals surface area contributed by atoms with Crippen molar-refractivity contribution in [2.24, 2.45) is 0 Å². The monoisotopic (exact) mass is 504 g/mol. The molecule has 0 radical (unpaired) electrons. The van der Waals surface area contributed by atoms with E-state index in [1.807, 2.05) is 31.9 Å². The number of aryl methyl sites for hydroxylation is 2. The van der Waals surface area contributed by atoms with Crippen molar-refractivity contribution < 1.29 is 41.4 Å². The van der Waals surface area contributed by atoms with Gasteiger partial charge in [0.05, 0.1) is 21.8 Å². The van der Waals surface area contributed by atoms with E-state index in [1.165, 1.54) is 12.1 Å². The van der Waals surface area contributed by atoms with Gasteiger partial charge in [-0.1, -0.05) is 19.4 Å². The van der Waals surface area contributed by atoms with Crippen LogP contribution in [0.25, 0.3) is 0 Å². The van der Waals surface area contributed by atoms with E-state index in [2.05, 4.69) is 11.6 Å². The Bertz CT molecular complexity index is 1110. The number of sulfonamides is 1. The van der Waals surface area contributed by atoms with E-state index in [1.54, 1.807) is 18.2 Å². The summed E-state index contributed by atoms with van der Waals surface area (Å²) in [6.07, 6.45) is -3.14. The predicted octanol–water partition coefficient (Wildman–Crippen LogP) is 4.67. The molecule has 0 unspecified atom stereocenters. The molecule has 0 saturated carbocycles. The van der Waals surface area contributed by atoms with Gasteiger partial charge in [-0.2, -0.15) is 13.2 Å². The molecule has 34 heavy (non-hydrogen) atoms. The molecule has 2 aromatic rings. The lowest BCUT2D eigenvalue weighted by atomic mass is 10.1. The quantitative estimate of drug-likeness (QED) is 0.477. The van der Waals surface area contributed by atoms with Crippen LogP contribution in [-0.4, -0.2) is 50.3 Å². The van der Waals surface area contributed by atoms with Crippen molar-refractivity contribution in [3.05, 3.63) is 53.1 Å². The highest BCUT2D eigenvalue weighted by molar-refractivity contribution is 7.92. The third kappa shape index (κ3) is 8.58. The van der Waals surface area contributed by atoms with E-state index in [-0.39, 0.29) is 16.1 Å². The maximum Gasteiger partial charge on any atom is 0.490 e. The van der Waals surface area contributed by atoms with Gasteiger partial charge in [-0.05, 0) is 61.7 Å². The van der Waals surface area contributed by atoms with E-state index in [0.717, 1.165) is 30.5 Å². The minimum absolute atomic E-state index is 0.0285. The number of carboxylic acids is 2. The molecule has 2 aromatic carbocycles. The largest absolute Gasteiger partial charge is 0.490 e. The second-order valence-electron chi connectivity index (χ2n) is 7.54. The fourth-order valence-electron chi connectivity index (χ4n) is 2.89. The molecule has 0 aliphatic carbocycles. The highest BCUT2D eigenvalue weighted by atomic mass is 32.2. The summed E-state index contributed by atoms with van der Waals surface area (Å²) < 4.78 is 60.1. The van der Waals surface area contributed by atoms with Crippen LogP contribution in [-0.2, 0) is 14.8 Å². The molecular weight excluding hydrogens is 477 g/mol. The maximum atomic E-state index is 12.9. The van der Waals surface area contributed by atoms with Crippen LogP contribution in [0.2, 0.25) is 0 Å². The van der Waals surface area contributed by atoms with Gasteiger partial charge in [-0.3, -0.25) is 4.72 Å². The number of benzene rings is 2. The van der Waals surface area contributed by atoms with Crippen molar-refractivity contribution in [3.8, 4) is 0 Å². The number of aliphatic carboxylic acids is 1. The highest BCUT2D eigenvalue weighted by Crippen LogP contribution is 2.29. The number of nitrogens with zero attached hydrogens (tertiary/aromatic N) is 1. The van der Waals surface area contributed by atoms with Gasteiger partial charge in [0, 0.05) is 13.6 Å². The molecule has 0 fully saturated rings. The highest BCUT2D eigenvalue weighted by Gasteiger charge is 2.38. The van der Waals surface area contributed by atoms with Crippen LogP contribution in [0.3, 0.4) is 0 Å². The normalized spacial score (nSPS) is 11.3. The second kappa shape index (κ2) is 11.7. The molecule has 0 aromatic heterocycles. The molecule has 2 rings (SSSR count). The molecular formula is C22H27F3N2O6S. The van der Waals surface area contributed by atoms with Crippen molar-refractivity contribution in [3.63, 3.8) is 0 Å². The molecule has 0 aliphatic heterocycles. The summed E-state index contributed by atoms with van der Waals surface area (Å²) in [5.41, 5.74) is 2.61. The number of hydrogen-bond donors (Lipinski definition) is 3. The summed E-state index contributed by atoms with van der Waals surface area (Å²) in [4.78, 5) is 22.3. The summed E-state index contributed by atoms with van der Waals surface area (Å²) in [5.74, 6) is -3.86. The number of aromatic carboxylic acids is 1. The molecule has 8 nitrogen and oxygen atoms in total. The van der Waals surface area contributed by atoms with E-state index in [0.29, 0.717) is 5.69 Å². The van der Waals surface area contributed by atoms with E-state index < -0.39 is 28.1 Å². The van der Waals surface area contributed by atoms with E-state index in [9.17, 15) is 31.5 Å². The Morgan fingerprint density at radius 3 is 2.00 bits per heavy atom. The lowest BCUT2D eigenvalue weighted by molar-refractivity contribution is -0.192. The Morgan fingerprint density at radius 2 is 1.56 bits per heavy atom. The van der Waals surface area contributed by atoms with Gasteiger partial charge < -0.3 is 15.1 Å². The van der Waals surface area contributed by atoms with Gasteiger partial charge >= 0.3 is 18.1 Å². The molecule has 12 heteroatoms. The van der Waals surface area contributed by atoms with Crippen molar-refractivity contribution in [2.75, 3.05) is 23.2 Å². The summed E-state index contributed by atoms with van der Waals surface area (Å²) in [7, 11) is -1.99. The van der Waals surface area contributed by atoms with Gasteiger partial charge in [0.2, 0.25) is 0 Å². The summed E-state index contributed by atoms with van der Waals surface area (Å²) in [6, 6.07) is 9.56. The van der Waals surface area contributed by atoms with Crippen LogP contribution in [0.5, 0.6) is 0 Å². The molecule has 0 atom stereocenters. The third-order valence-corrected chi connectivity index (χ3v) is 5.84. The van der Waals surface area contributed by atoms with Crippen LogP contribution in [0.4, 0.5) is 24.5 Å². The van der Waals surface area contributed by atoms with Gasteiger partial charge in [0.1, 0.15) is 0 Å². The van der Waals surface area contributed by atoms with Crippen molar-refractivity contribution in [1.29, 1.82) is 0 Å². The first-order valence-corrected chi connectivity index (χ1v) is 11.6. The molecule has 3 N–H and O–H groups in total. The standard InChI is InChI=1S/C20H26N2O4S.C2HF3O2/c1-5-6-9-22(4)19-8-7-16(20(23)24)13-18(19)21-27(25,26)17-11-14(2)10-15(3)12-17;3-2(4,5)1(6)7/h7-8,10-13,21H,5-6,9H2,1-4H3,(H,23,24);(H,6,7). The zero-order valence-electron chi connectivity index (χ0n) is 19.1. The minimum atomic E-state index is -5.08. The first-order valence-electron chi connectivity index (χ1n) is 10.1. The molecule has 0 spiro atoms. The Labute approximate surface area is 196 Å². The maximum absolute atomic E-state index is 12.9. The molecule has 0 bridgehead atoms. The van der Waals surface area contributed by atoms with Gasteiger partial charge in [0.25, 0.3) is 10.0 Å². The van der Waals surface area contributed by atoms with Crippen LogP contribution >= 0.6 is 0 Å². The number of hydrogen-bond acceptors (Lipinski definition) is 5. The average Bonchev–Trinajstić information content (AvgIpc) is 2.70. The third-order valence-electron chi connectivity index (χ3n) is 4.49. The lowest BCUT2D eigenvalue weighted by Gasteiger charge is -2.23. The average molecular weight is 505 g/mol. The molecule has 0 aliphatic rings. The van der Waals surface area contributed by atoms with E-state index in [4.69, 9.17) is 9.90 Å². The number of rotatable bonds is 8. The summed E-state index contributed by atoms with van der Waals surface area (Å²) in [5, 5.41) is 16.4. The van der Waals surface area contributed by atoms with Gasteiger partial charge in [-0.25, -0.2) is 18.0 Å². The van der Waals surface area contributed by atoms with E-state index >= 15 is 0 Å². The number of carboxylic acid groups (broad SMARTS) is 2. The molecule has 0 amide bonds. The fourth-order valence-corrected chi connectivity index (χ4v) is 4.14. The topological polar surface area (TPSA) is 124 Å². The second-order valence-corrected chi connectivity index (χ2v) is 9.23. The lowest BCUT2D eigenvalue weighted by Crippen LogP contribution is -2.22. The molecule has 0 saturated heterocycles. The van der Waals surface area contributed by atoms with Gasteiger partial charge in [-0.15, -0.1) is 0 Å². The van der Waals surface area contributed by atoms with Crippen LogP contribution in [0.15, 0.2) is 41.3 Å². The van der Waals surface area contributed by atoms with Crippen molar-refractivity contribution in [1.82, 2.24) is 0 Å². The Morgan fingerprint density at radius 1 is 1.03 bits per heavy atom. The minimum Gasteiger partial charge on any atom is -0.478 e. The summed E-state index contributed by atoms with van der Waals surface area (Å²) in [6.45, 7) is 6.48. The zero-order chi connectivity index (χ0) is 26.3. The SMILES string of the molecule is CCCCN(C)c1ccc(C(=O)O)cc1NS(=O)(=O)c1cc(C)cc(C)c1.O=C(O)C(F)(F)F. The number of alkyl halides is 3.